The van der Waals surface area contributed by atoms with Crippen LogP contribution in [0.15, 0.2) is 243 Å². The van der Waals surface area contributed by atoms with Crippen molar-refractivity contribution in [1.82, 2.24) is 29.1 Å². The largest absolute Gasteiger partial charge is 0.306 e. The first kappa shape index (κ1) is 39.1. The van der Waals surface area contributed by atoms with Crippen molar-refractivity contribution in [1.29, 1.82) is 0 Å². The van der Waals surface area contributed by atoms with Crippen LogP contribution in [-0.4, -0.2) is 29.1 Å². The zero-order chi connectivity index (χ0) is 45.0. The van der Waals surface area contributed by atoms with Crippen molar-refractivity contribution in [3.05, 3.63) is 243 Å². The van der Waals surface area contributed by atoms with Gasteiger partial charge in [-0.15, -0.1) is 0 Å². The van der Waals surface area contributed by atoms with Crippen LogP contribution < -0.4 is 0 Å². The van der Waals surface area contributed by atoms with Gasteiger partial charge in [-0.3, -0.25) is 4.57 Å². The van der Waals surface area contributed by atoms with Crippen LogP contribution in [0, 0.1) is 0 Å². The van der Waals surface area contributed by atoms with Gasteiger partial charge in [0.1, 0.15) is 0 Å². The zero-order valence-electron chi connectivity index (χ0n) is 36.8. The maximum atomic E-state index is 5.48. The first-order valence-corrected chi connectivity index (χ1v) is 22.9. The molecule has 0 unspecified atom stereocenters. The normalized spacial score (nSPS) is 11.5. The third-order valence-electron chi connectivity index (χ3n) is 13.0. The number of para-hydroxylation sites is 3. The molecule has 0 fully saturated rings. The summed E-state index contributed by atoms with van der Waals surface area (Å²) in [6.07, 6.45) is 0. The number of benzene rings is 9. The number of nitrogens with zero attached hydrogens (tertiary/aromatic N) is 6. The molecule has 0 saturated carbocycles. The summed E-state index contributed by atoms with van der Waals surface area (Å²) in [6, 6.07) is 85.0. The quantitative estimate of drug-likeness (QED) is 0.153. The summed E-state index contributed by atoms with van der Waals surface area (Å²) < 4.78 is 4.69. The molecule has 68 heavy (non-hydrogen) atoms. The predicted octanol–water partition coefficient (Wildman–Crippen LogP) is 15.5. The van der Waals surface area contributed by atoms with Crippen LogP contribution in [-0.2, 0) is 0 Å². The molecule has 0 aliphatic rings. The minimum atomic E-state index is 0.533. The number of rotatable bonds is 8. The third kappa shape index (κ3) is 6.58. The van der Waals surface area contributed by atoms with Gasteiger partial charge in [-0.05, 0) is 52.6 Å². The van der Waals surface area contributed by atoms with Gasteiger partial charge >= 0.3 is 0 Å². The SMILES string of the molecule is c1ccc(-c2cc(-c3ccccc3)nc(-c3ccccc3-n3c4ccccc4c4ccc5c6ccccc6n(-c6nc(-c7ccccc7)nc(-c7ccccc7-c7ccccc7)n6)c5c43)c2)cc1. The maximum Gasteiger partial charge on any atom is 0.238 e. The standard InChI is InChI=1S/C62H40N6/c1-5-21-41(22-6-1)45-39-53(43-25-9-3-10-26-43)63-54(40-45)52-33-17-20-36-57(52)67-55-34-18-15-30-47(55)49-37-38-50-48-31-16-19-35-56(48)68(59(50)58(49)67)62-65-60(44-27-11-4-12-28-44)64-61(66-62)51-32-14-13-29-46(51)42-23-7-2-8-24-42/h1-40H. The van der Waals surface area contributed by atoms with E-state index in [1.54, 1.807) is 0 Å². The Bertz CT molecular complexity index is 3950. The molecule has 0 saturated heterocycles. The topological polar surface area (TPSA) is 61.4 Å². The lowest BCUT2D eigenvalue weighted by molar-refractivity contribution is 0.953. The van der Waals surface area contributed by atoms with Gasteiger partial charge < -0.3 is 4.57 Å². The van der Waals surface area contributed by atoms with Crippen molar-refractivity contribution < 1.29 is 0 Å². The van der Waals surface area contributed by atoms with E-state index in [1.165, 1.54) is 0 Å². The van der Waals surface area contributed by atoms with Crippen LogP contribution in [0.5, 0.6) is 0 Å². The third-order valence-corrected chi connectivity index (χ3v) is 13.0. The van der Waals surface area contributed by atoms with E-state index < -0.39 is 0 Å². The molecule has 13 aromatic rings. The van der Waals surface area contributed by atoms with Gasteiger partial charge in [-0.1, -0.05) is 212 Å². The van der Waals surface area contributed by atoms with Gasteiger partial charge in [0.05, 0.1) is 39.1 Å². The molecule has 4 heterocycles. The van der Waals surface area contributed by atoms with Crippen molar-refractivity contribution in [2.24, 2.45) is 0 Å². The first-order valence-electron chi connectivity index (χ1n) is 22.9. The Balaban J connectivity index is 1.13. The van der Waals surface area contributed by atoms with Crippen LogP contribution in [0.25, 0.3) is 123 Å². The van der Waals surface area contributed by atoms with Crippen molar-refractivity contribution in [2.75, 3.05) is 0 Å². The Hall–Kier alpha value is -9.26. The molecule has 0 amide bonds. The van der Waals surface area contributed by atoms with E-state index in [0.717, 1.165) is 105 Å². The molecule has 6 nitrogen and oxygen atoms in total. The molecule has 0 spiro atoms. The highest BCUT2D eigenvalue weighted by molar-refractivity contribution is 6.24. The lowest BCUT2D eigenvalue weighted by atomic mass is 9.99. The molecule has 0 aliphatic heterocycles. The van der Waals surface area contributed by atoms with Crippen molar-refractivity contribution in [2.45, 2.75) is 0 Å². The Morgan fingerprint density at radius 1 is 0.265 bits per heavy atom. The highest BCUT2D eigenvalue weighted by Gasteiger charge is 2.25. The highest BCUT2D eigenvalue weighted by atomic mass is 15.2. The second-order valence-corrected chi connectivity index (χ2v) is 17.0. The zero-order valence-corrected chi connectivity index (χ0v) is 36.8. The second kappa shape index (κ2) is 16.3. The first-order chi connectivity index (χ1) is 33.7. The molecule has 0 aliphatic carbocycles. The van der Waals surface area contributed by atoms with Gasteiger partial charge in [0, 0.05) is 43.8 Å². The Kier molecular flexibility index (Phi) is 9.39. The number of aromatic nitrogens is 6. The lowest BCUT2D eigenvalue weighted by Gasteiger charge is -2.17. The lowest BCUT2D eigenvalue weighted by Crippen LogP contribution is -2.07. The molecule has 0 atom stereocenters. The summed E-state index contributed by atoms with van der Waals surface area (Å²) in [5, 5.41) is 4.46. The Morgan fingerprint density at radius 2 is 0.735 bits per heavy atom. The smallest absolute Gasteiger partial charge is 0.238 e. The van der Waals surface area contributed by atoms with Gasteiger partial charge in [0.15, 0.2) is 11.6 Å². The average Bonchev–Trinajstić information content (AvgIpc) is 3.95. The Labute approximate surface area is 392 Å². The van der Waals surface area contributed by atoms with E-state index in [1.807, 2.05) is 30.3 Å². The van der Waals surface area contributed by atoms with Crippen LogP contribution in [0.3, 0.4) is 0 Å². The summed E-state index contributed by atoms with van der Waals surface area (Å²) in [7, 11) is 0. The van der Waals surface area contributed by atoms with E-state index in [-0.39, 0.29) is 0 Å². The monoisotopic (exact) mass is 868 g/mol. The van der Waals surface area contributed by atoms with Crippen LogP contribution in [0.4, 0.5) is 0 Å². The van der Waals surface area contributed by atoms with Gasteiger partial charge in [0.2, 0.25) is 5.95 Å². The summed E-state index contributed by atoms with van der Waals surface area (Å²) in [4.78, 5) is 21.6. The van der Waals surface area contributed by atoms with Gasteiger partial charge in [0.25, 0.3) is 0 Å². The van der Waals surface area contributed by atoms with Crippen LogP contribution >= 0.6 is 0 Å². The van der Waals surface area contributed by atoms with Crippen molar-refractivity contribution in [3.8, 4) is 79.2 Å². The van der Waals surface area contributed by atoms with Crippen molar-refractivity contribution >= 4 is 43.6 Å². The fraction of sp³-hybridized carbons (Fsp3) is 0. The van der Waals surface area contributed by atoms with Crippen molar-refractivity contribution in [3.63, 3.8) is 0 Å². The highest BCUT2D eigenvalue weighted by Crippen LogP contribution is 2.44. The molecular weight excluding hydrogens is 829 g/mol. The fourth-order valence-corrected chi connectivity index (χ4v) is 9.92. The summed E-state index contributed by atoms with van der Waals surface area (Å²) in [6.45, 7) is 0. The predicted molar refractivity (Wildman–Crippen MR) is 279 cm³/mol. The van der Waals surface area contributed by atoms with E-state index in [9.17, 15) is 0 Å². The number of pyridine rings is 1. The number of hydrogen-bond acceptors (Lipinski definition) is 4. The summed E-state index contributed by atoms with van der Waals surface area (Å²) >= 11 is 0. The van der Waals surface area contributed by atoms with E-state index in [2.05, 4.69) is 221 Å². The van der Waals surface area contributed by atoms with E-state index in [4.69, 9.17) is 19.9 Å². The molecule has 0 bridgehead atoms. The fourth-order valence-electron chi connectivity index (χ4n) is 9.92. The number of fused-ring (bicyclic) bond motifs is 7. The molecule has 9 aromatic carbocycles. The van der Waals surface area contributed by atoms with Crippen LogP contribution in [0.2, 0.25) is 0 Å². The second-order valence-electron chi connectivity index (χ2n) is 17.0. The van der Waals surface area contributed by atoms with Gasteiger partial charge in [-0.2, -0.15) is 9.97 Å². The maximum absolute atomic E-state index is 5.48. The molecule has 13 rings (SSSR count). The van der Waals surface area contributed by atoms with E-state index >= 15 is 0 Å². The molecular formula is C62H40N6. The molecule has 6 heteroatoms. The number of hydrogen-bond donors (Lipinski definition) is 0. The minimum Gasteiger partial charge on any atom is -0.306 e. The minimum absolute atomic E-state index is 0.533. The molecule has 0 radical (unpaired) electrons. The summed E-state index contributed by atoms with van der Waals surface area (Å²) in [5.74, 6) is 1.72. The van der Waals surface area contributed by atoms with Gasteiger partial charge in [-0.25, -0.2) is 9.97 Å². The summed E-state index contributed by atoms with van der Waals surface area (Å²) in [5.41, 5.74) is 15.2. The van der Waals surface area contributed by atoms with Crippen LogP contribution in [0.1, 0.15) is 0 Å². The molecule has 0 N–H and O–H groups in total. The molecule has 318 valence electrons. The Morgan fingerprint density at radius 3 is 1.40 bits per heavy atom. The molecule has 4 aromatic heterocycles. The van der Waals surface area contributed by atoms with E-state index in [0.29, 0.717) is 17.6 Å². The average molecular weight is 869 g/mol.